The molecule has 0 fully saturated rings. The van der Waals surface area contributed by atoms with Gasteiger partial charge in [-0.25, -0.2) is 0 Å². The third-order valence-electron chi connectivity index (χ3n) is 3.39. The van der Waals surface area contributed by atoms with Crippen molar-refractivity contribution in [3.8, 4) is 0 Å². The molecular weight excluding hydrogens is 254 g/mol. The molecule has 1 aromatic carbocycles. The molecule has 0 saturated carbocycles. The summed E-state index contributed by atoms with van der Waals surface area (Å²) in [6.45, 7) is 6.47. The van der Waals surface area contributed by atoms with Crippen molar-refractivity contribution in [1.82, 2.24) is 4.98 Å². The molecule has 0 aliphatic heterocycles. The fourth-order valence-corrected chi connectivity index (χ4v) is 2.04. The van der Waals surface area contributed by atoms with Crippen molar-refractivity contribution < 1.29 is 0 Å². The zero-order chi connectivity index (χ0) is 14.0. The van der Waals surface area contributed by atoms with Crippen LogP contribution in [0, 0.1) is 0 Å². The summed E-state index contributed by atoms with van der Waals surface area (Å²) in [7, 11) is 0. The molecule has 19 heavy (non-hydrogen) atoms. The quantitative estimate of drug-likeness (QED) is 0.838. The van der Waals surface area contributed by atoms with Crippen molar-refractivity contribution in [3.63, 3.8) is 0 Å². The first-order valence-electron chi connectivity index (χ1n) is 6.40. The van der Waals surface area contributed by atoms with Crippen molar-refractivity contribution in [2.45, 2.75) is 32.7 Å². The number of thiocarbonyl (C=S) groups is 1. The summed E-state index contributed by atoms with van der Waals surface area (Å²) in [4.78, 5) is 4.78. The second-order valence-electron chi connectivity index (χ2n) is 5.29. The number of pyridine rings is 1. The zero-order valence-corrected chi connectivity index (χ0v) is 12.3. The molecule has 0 radical (unpaired) electrons. The maximum Gasteiger partial charge on any atom is 0.107 e. The minimum atomic E-state index is -0.0241. The van der Waals surface area contributed by atoms with Gasteiger partial charge in [0.2, 0.25) is 0 Å². The molecule has 4 heteroatoms. The molecule has 2 rings (SSSR count). The number of rotatable bonds is 4. The molecule has 0 unspecified atom stereocenters. The van der Waals surface area contributed by atoms with E-state index < -0.39 is 0 Å². The topological polar surface area (TPSA) is 50.9 Å². The zero-order valence-electron chi connectivity index (χ0n) is 11.5. The summed E-state index contributed by atoms with van der Waals surface area (Å²) in [5.74, 6) is 0. The van der Waals surface area contributed by atoms with Gasteiger partial charge in [-0.2, -0.15) is 0 Å². The normalized spacial score (nSPS) is 11.5. The first-order chi connectivity index (χ1) is 8.94. The number of fused-ring (bicyclic) bond motifs is 1. The lowest BCUT2D eigenvalue weighted by Gasteiger charge is -2.28. The smallest absolute Gasteiger partial charge is 0.107 e. The van der Waals surface area contributed by atoms with Gasteiger partial charge in [-0.15, -0.1) is 0 Å². The number of hydrogen-bond donors (Lipinski definition) is 2. The Balaban J connectivity index is 2.66. The van der Waals surface area contributed by atoms with Crippen LogP contribution >= 0.6 is 12.2 Å². The largest absolute Gasteiger partial charge is 0.389 e. The fraction of sp³-hybridized carbons (Fsp3) is 0.333. The van der Waals surface area contributed by atoms with Crippen LogP contribution in [0.4, 0.5) is 5.69 Å². The van der Waals surface area contributed by atoms with Gasteiger partial charge in [0.1, 0.15) is 4.99 Å². The molecule has 0 aliphatic carbocycles. The average Bonchev–Trinajstić information content (AvgIpc) is 2.38. The Morgan fingerprint density at radius 2 is 2.05 bits per heavy atom. The van der Waals surface area contributed by atoms with E-state index in [1.54, 1.807) is 6.20 Å². The third-order valence-corrected chi connectivity index (χ3v) is 3.61. The van der Waals surface area contributed by atoms with E-state index >= 15 is 0 Å². The molecule has 0 aliphatic rings. The summed E-state index contributed by atoms with van der Waals surface area (Å²) >= 11 is 5.14. The van der Waals surface area contributed by atoms with Crippen LogP contribution in [0.25, 0.3) is 10.9 Å². The Kier molecular flexibility index (Phi) is 3.71. The molecule has 0 atom stereocenters. The molecule has 3 N–H and O–H groups in total. The summed E-state index contributed by atoms with van der Waals surface area (Å²) in [5.41, 5.74) is 8.51. The van der Waals surface area contributed by atoms with E-state index in [4.69, 9.17) is 18.0 Å². The highest BCUT2D eigenvalue weighted by molar-refractivity contribution is 7.80. The van der Waals surface area contributed by atoms with E-state index in [9.17, 15) is 0 Å². The van der Waals surface area contributed by atoms with Gasteiger partial charge in [0.05, 0.1) is 16.8 Å². The van der Waals surface area contributed by atoms with Crippen LogP contribution in [-0.4, -0.2) is 15.5 Å². The van der Waals surface area contributed by atoms with Gasteiger partial charge in [-0.3, -0.25) is 4.98 Å². The Morgan fingerprint density at radius 3 is 2.68 bits per heavy atom. The average molecular weight is 273 g/mol. The van der Waals surface area contributed by atoms with Crippen LogP contribution in [0.3, 0.4) is 0 Å². The maximum absolute atomic E-state index is 5.82. The highest BCUT2D eigenvalue weighted by atomic mass is 32.1. The number of hydrogen-bond acceptors (Lipinski definition) is 3. The Hall–Kier alpha value is -1.68. The molecular formula is C15H19N3S. The van der Waals surface area contributed by atoms with E-state index in [2.05, 4.69) is 31.1 Å². The number of para-hydroxylation sites is 1. The lowest BCUT2D eigenvalue weighted by atomic mass is 9.99. The lowest BCUT2D eigenvalue weighted by Crippen LogP contribution is -2.31. The molecule has 1 heterocycles. The van der Waals surface area contributed by atoms with Crippen molar-refractivity contribution >= 4 is 33.8 Å². The molecule has 0 amide bonds. The second-order valence-corrected chi connectivity index (χ2v) is 5.73. The number of aromatic nitrogens is 1. The summed E-state index contributed by atoms with van der Waals surface area (Å²) in [6.07, 6.45) is 2.75. The van der Waals surface area contributed by atoms with Crippen molar-refractivity contribution in [1.29, 1.82) is 0 Å². The Labute approximate surface area is 119 Å². The summed E-state index contributed by atoms with van der Waals surface area (Å²) < 4.78 is 0. The van der Waals surface area contributed by atoms with Crippen LogP contribution in [0.15, 0.2) is 30.5 Å². The number of anilines is 1. The Morgan fingerprint density at radius 1 is 1.37 bits per heavy atom. The van der Waals surface area contributed by atoms with Crippen LogP contribution in [-0.2, 0) is 0 Å². The summed E-state index contributed by atoms with van der Waals surface area (Å²) in [5, 5.41) is 4.60. The van der Waals surface area contributed by atoms with E-state index in [0.29, 0.717) is 4.99 Å². The third kappa shape index (κ3) is 2.84. The highest BCUT2D eigenvalue weighted by Gasteiger charge is 2.19. The molecule has 0 saturated heterocycles. The minimum absolute atomic E-state index is 0.0241. The molecule has 1 aromatic heterocycles. The SMILES string of the molecule is CCC(C)(C)Nc1c(C(N)=S)cnc2ccccc12. The molecule has 2 aromatic rings. The predicted octanol–water partition coefficient (Wildman–Crippen LogP) is 3.47. The predicted molar refractivity (Wildman–Crippen MR) is 85.6 cm³/mol. The van der Waals surface area contributed by atoms with E-state index in [-0.39, 0.29) is 5.54 Å². The summed E-state index contributed by atoms with van der Waals surface area (Å²) in [6, 6.07) is 8.00. The first kappa shape index (κ1) is 13.7. The van der Waals surface area contributed by atoms with Gasteiger partial charge in [-0.1, -0.05) is 37.3 Å². The van der Waals surface area contributed by atoms with Gasteiger partial charge < -0.3 is 11.1 Å². The van der Waals surface area contributed by atoms with Crippen LogP contribution < -0.4 is 11.1 Å². The molecule has 0 spiro atoms. The number of nitrogens with one attached hydrogen (secondary N) is 1. The molecule has 0 bridgehead atoms. The van der Waals surface area contributed by atoms with E-state index in [0.717, 1.165) is 28.6 Å². The Bertz CT molecular complexity index is 620. The van der Waals surface area contributed by atoms with E-state index in [1.807, 2.05) is 24.3 Å². The fourth-order valence-electron chi connectivity index (χ4n) is 1.89. The van der Waals surface area contributed by atoms with Crippen LogP contribution in [0.2, 0.25) is 0 Å². The van der Waals surface area contributed by atoms with Gasteiger partial charge in [0, 0.05) is 17.1 Å². The standard InChI is InChI=1S/C15H19N3S/c1-4-15(2,3)18-13-10-7-5-6-8-12(10)17-9-11(13)14(16)19/h5-9H,4H2,1-3H3,(H2,16,19)(H,17,18). The minimum Gasteiger partial charge on any atom is -0.389 e. The highest BCUT2D eigenvalue weighted by Crippen LogP contribution is 2.29. The monoisotopic (exact) mass is 273 g/mol. The molecule has 3 nitrogen and oxygen atoms in total. The van der Waals surface area contributed by atoms with Gasteiger partial charge in [-0.05, 0) is 26.3 Å². The van der Waals surface area contributed by atoms with Gasteiger partial charge in [0.25, 0.3) is 0 Å². The maximum atomic E-state index is 5.82. The van der Waals surface area contributed by atoms with Crippen molar-refractivity contribution in [2.75, 3.05) is 5.32 Å². The van der Waals surface area contributed by atoms with Gasteiger partial charge >= 0.3 is 0 Å². The van der Waals surface area contributed by atoms with Gasteiger partial charge in [0.15, 0.2) is 0 Å². The second kappa shape index (κ2) is 5.13. The lowest BCUT2D eigenvalue weighted by molar-refractivity contribution is 0.548. The van der Waals surface area contributed by atoms with E-state index in [1.165, 1.54) is 0 Å². The van der Waals surface area contributed by atoms with Crippen LogP contribution in [0.1, 0.15) is 32.8 Å². The van der Waals surface area contributed by atoms with Crippen molar-refractivity contribution in [2.24, 2.45) is 5.73 Å². The molecule has 100 valence electrons. The van der Waals surface area contributed by atoms with Crippen LogP contribution in [0.5, 0.6) is 0 Å². The first-order valence-corrected chi connectivity index (χ1v) is 6.81. The number of nitrogens with zero attached hydrogens (tertiary/aromatic N) is 1. The number of benzene rings is 1. The van der Waals surface area contributed by atoms with Crippen molar-refractivity contribution in [3.05, 3.63) is 36.0 Å². The number of nitrogens with two attached hydrogens (primary N) is 1.